The van der Waals surface area contributed by atoms with Crippen LogP contribution in [0.3, 0.4) is 0 Å². The van der Waals surface area contributed by atoms with Crippen LogP contribution in [0.2, 0.25) is 0 Å². The summed E-state index contributed by atoms with van der Waals surface area (Å²) in [5.41, 5.74) is 15.0. The van der Waals surface area contributed by atoms with Crippen LogP contribution >= 0.6 is 0 Å². The molecule has 0 spiro atoms. The maximum absolute atomic E-state index is 10.5. The zero-order valence-corrected chi connectivity index (χ0v) is 5.87. The average molecular weight is 144 g/mol. The molecule has 0 aromatic heterocycles. The van der Waals surface area contributed by atoms with Gasteiger partial charge in [0.1, 0.15) is 6.04 Å². The van der Waals surface area contributed by atoms with Gasteiger partial charge in [-0.25, -0.2) is 4.99 Å². The zero-order chi connectivity index (χ0) is 8.15. The molecular weight excluding hydrogens is 132 g/mol. The molecule has 0 unspecified atom stereocenters. The van der Waals surface area contributed by atoms with Crippen molar-refractivity contribution in [1.29, 1.82) is 0 Å². The second kappa shape index (κ2) is 3.71. The fourth-order valence-corrected chi connectivity index (χ4v) is 0.536. The van der Waals surface area contributed by atoms with Gasteiger partial charge in [0.15, 0.2) is 5.96 Å². The first-order valence-corrected chi connectivity index (χ1v) is 2.96. The minimum absolute atomic E-state index is 0.106. The van der Waals surface area contributed by atoms with E-state index in [1.54, 1.807) is 6.92 Å². The largest absolute Gasteiger partial charge is 0.370 e. The number of amides is 1. The molecule has 0 rings (SSSR count). The van der Waals surface area contributed by atoms with Crippen LogP contribution in [0.5, 0.6) is 0 Å². The quantitative estimate of drug-likeness (QED) is 0.332. The van der Waals surface area contributed by atoms with E-state index in [0.717, 1.165) is 0 Å². The Balaban J connectivity index is 4.09. The fraction of sp³-hybridized carbons (Fsp3) is 0.600. The van der Waals surface area contributed by atoms with Crippen LogP contribution < -0.4 is 17.2 Å². The Morgan fingerprint density at radius 1 is 1.50 bits per heavy atom. The first-order valence-electron chi connectivity index (χ1n) is 2.96. The molecular formula is C5H12N4O. The van der Waals surface area contributed by atoms with Crippen LogP contribution in [0, 0.1) is 0 Å². The van der Waals surface area contributed by atoms with Crippen molar-refractivity contribution in [3.05, 3.63) is 0 Å². The standard InChI is InChI=1S/C5H12N4O/c1-2-3(4(6)10)9-5(7)8/h3H,2H2,1H3,(H2,6,10)(H4,7,8,9)/t3-/m1/s1. The summed E-state index contributed by atoms with van der Waals surface area (Å²) in [6, 6.07) is -0.579. The van der Waals surface area contributed by atoms with Crippen LogP contribution in [0.25, 0.3) is 0 Å². The van der Waals surface area contributed by atoms with E-state index in [2.05, 4.69) is 4.99 Å². The van der Waals surface area contributed by atoms with Gasteiger partial charge in [-0.3, -0.25) is 4.79 Å². The number of aliphatic imine (C=N–C) groups is 1. The van der Waals surface area contributed by atoms with E-state index >= 15 is 0 Å². The van der Waals surface area contributed by atoms with Gasteiger partial charge in [-0.2, -0.15) is 0 Å². The first-order chi connectivity index (χ1) is 4.57. The summed E-state index contributed by atoms with van der Waals surface area (Å²) in [5.74, 6) is -0.610. The van der Waals surface area contributed by atoms with Crippen molar-refractivity contribution in [3.8, 4) is 0 Å². The number of hydrogen-bond donors (Lipinski definition) is 3. The number of nitrogens with two attached hydrogens (primary N) is 3. The lowest BCUT2D eigenvalue weighted by Gasteiger charge is -2.03. The molecule has 58 valence electrons. The van der Waals surface area contributed by atoms with Crippen LogP contribution in [-0.4, -0.2) is 17.9 Å². The number of primary amides is 1. The third-order valence-electron chi connectivity index (χ3n) is 1.02. The number of guanidine groups is 1. The first kappa shape index (κ1) is 8.74. The van der Waals surface area contributed by atoms with Gasteiger partial charge in [0.05, 0.1) is 0 Å². The summed E-state index contributed by atoms with van der Waals surface area (Å²) >= 11 is 0. The Bertz CT molecular complexity index is 150. The average Bonchev–Trinajstić information content (AvgIpc) is 1.81. The van der Waals surface area contributed by atoms with Gasteiger partial charge < -0.3 is 17.2 Å². The monoisotopic (exact) mass is 144 g/mol. The van der Waals surface area contributed by atoms with Crippen LogP contribution in [0.15, 0.2) is 4.99 Å². The van der Waals surface area contributed by atoms with E-state index < -0.39 is 11.9 Å². The third kappa shape index (κ3) is 2.91. The third-order valence-corrected chi connectivity index (χ3v) is 1.02. The summed E-state index contributed by atoms with van der Waals surface area (Å²) < 4.78 is 0. The Labute approximate surface area is 59.3 Å². The molecule has 0 radical (unpaired) electrons. The number of hydrogen-bond acceptors (Lipinski definition) is 2. The molecule has 0 fully saturated rings. The van der Waals surface area contributed by atoms with Crippen molar-refractivity contribution in [1.82, 2.24) is 0 Å². The fourth-order valence-electron chi connectivity index (χ4n) is 0.536. The number of carbonyl (C=O) groups excluding carboxylic acids is 1. The topological polar surface area (TPSA) is 107 Å². The van der Waals surface area contributed by atoms with Gasteiger partial charge in [0.25, 0.3) is 0 Å². The smallest absolute Gasteiger partial charge is 0.242 e. The summed E-state index contributed by atoms with van der Waals surface area (Å²) in [6.07, 6.45) is 0.521. The number of rotatable bonds is 3. The van der Waals surface area contributed by atoms with Crippen LogP contribution in [0.4, 0.5) is 0 Å². The minimum atomic E-state index is -0.579. The van der Waals surface area contributed by atoms with Crippen molar-refractivity contribution >= 4 is 11.9 Å². The van der Waals surface area contributed by atoms with E-state index in [4.69, 9.17) is 17.2 Å². The highest BCUT2D eigenvalue weighted by atomic mass is 16.1. The molecule has 0 bridgehead atoms. The summed E-state index contributed by atoms with van der Waals surface area (Å²) in [4.78, 5) is 14.1. The lowest BCUT2D eigenvalue weighted by atomic mass is 10.2. The van der Waals surface area contributed by atoms with Crippen molar-refractivity contribution in [2.24, 2.45) is 22.2 Å². The zero-order valence-electron chi connectivity index (χ0n) is 5.87. The predicted octanol–water partition coefficient (Wildman–Crippen LogP) is -1.48. The lowest BCUT2D eigenvalue weighted by Crippen LogP contribution is -2.32. The molecule has 0 aromatic carbocycles. The molecule has 1 amide bonds. The molecule has 0 aliphatic heterocycles. The van der Waals surface area contributed by atoms with Crippen molar-refractivity contribution in [2.45, 2.75) is 19.4 Å². The molecule has 5 heteroatoms. The minimum Gasteiger partial charge on any atom is -0.370 e. The second-order valence-electron chi connectivity index (χ2n) is 1.88. The van der Waals surface area contributed by atoms with Crippen LogP contribution in [-0.2, 0) is 4.79 Å². The molecule has 5 nitrogen and oxygen atoms in total. The Morgan fingerprint density at radius 2 is 2.00 bits per heavy atom. The highest BCUT2D eigenvalue weighted by molar-refractivity contribution is 5.84. The van der Waals surface area contributed by atoms with E-state index in [9.17, 15) is 4.79 Å². The second-order valence-corrected chi connectivity index (χ2v) is 1.88. The molecule has 0 heterocycles. The van der Waals surface area contributed by atoms with Gasteiger partial charge in [-0.05, 0) is 6.42 Å². The van der Waals surface area contributed by atoms with E-state index in [-0.39, 0.29) is 5.96 Å². The summed E-state index contributed by atoms with van der Waals surface area (Å²) in [6.45, 7) is 1.78. The van der Waals surface area contributed by atoms with Gasteiger partial charge in [-0.15, -0.1) is 0 Å². The van der Waals surface area contributed by atoms with E-state index in [1.807, 2.05) is 0 Å². The highest BCUT2D eigenvalue weighted by Crippen LogP contribution is 1.93. The Morgan fingerprint density at radius 3 is 2.10 bits per heavy atom. The van der Waals surface area contributed by atoms with E-state index in [1.165, 1.54) is 0 Å². The molecule has 10 heavy (non-hydrogen) atoms. The van der Waals surface area contributed by atoms with Gasteiger partial charge in [0, 0.05) is 0 Å². The lowest BCUT2D eigenvalue weighted by molar-refractivity contribution is -0.119. The Kier molecular flexibility index (Phi) is 3.24. The predicted molar refractivity (Wildman–Crippen MR) is 39.1 cm³/mol. The van der Waals surface area contributed by atoms with E-state index in [0.29, 0.717) is 6.42 Å². The number of nitrogens with zero attached hydrogens (tertiary/aromatic N) is 1. The van der Waals surface area contributed by atoms with Crippen molar-refractivity contribution in [2.75, 3.05) is 0 Å². The van der Waals surface area contributed by atoms with Crippen molar-refractivity contribution < 1.29 is 4.79 Å². The molecule has 0 saturated heterocycles. The highest BCUT2D eigenvalue weighted by Gasteiger charge is 2.09. The summed E-state index contributed by atoms with van der Waals surface area (Å²) in [7, 11) is 0. The number of carbonyl (C=O) groups is 1. The van der Waals surface area contributed by atoms with Crippen molar-refractivity contribution in [3.63, 3.8) is 0 Å². The SMILES string of the molecule is CC[C@@H](N=C(N)N)C(N)=O. The van der Waals surface area contributed by atoms with Gasteiger partial charge in [-0.1, -0.05) is 6.92 Å². The van der Waals surface area contributed by atoms with Crippen LogP contribution in [0.1, 0.15) is 13.3 Å². The molecule has 6 N–H and O–H groups in total. The maximum atomic E-state index is 10.5. The molecule has 0 aromatic rings. The van der Waals surface area contributed by atoms with Gasteiger partial charge in [0.2, 0.25) is 5.91 Å². The molecule has 0 aliphatic carbocycles. The summed E-state index contributed by atoms with van der Waals surface area (Å²) in [5, 5.41) is 0. The normalized spacial score (nSPS) is 12.1. The van der Waals surface area contributed by atoms with Gasteiger partial charge >= 0.3 is 0 Å². The maximum Gasteiger partial charge on any atom is 0.242 e. The molecule has 0 saturated carbocycles. The Hall–Kier alpha value is -1.26. The molecule has 0 aliphatic rings. The molecule has 1 atom stereocenters.